The summed E-state index contributed by atoms with van der Waals surface area (Å²) in [5.74, 6) is 2.45. The van der Waals surface area contributed by atoms with Crippen LogP contribution < -0.4 is 20.1 Å². The Morgan fingerprint density at radius 2 is 1.74 bits per heavy atom. The third-order valence-electron chi connectivity index (χ3n) is 5.26. The van der Waals surface area contributed by atoms with Gasteiger partial charge in [-0.3, -0.25) is 9.79 Å². The Morgan fingerprint density at radius 3 is 2.35 bits per heavy atom. The normalized spacial score (nSPS) is 13.6. The van der Waals surface area contributed by atoms with Gasteiger partial charge in [0.2, 0.25) is 5.91 Å². The van der Waals surface area contributed by atoms with Gasteiger partial charge in [-0.05, 0) is 29.7 Å². The molecule has 0 saturated carbocycles. The van der Waals surface area contributed by atoms with Crippen LogP contribution in [0, 0.1) is 0 Å². The quantitative estimate of drug-likeness (QED) is 0.307. The van der Waals surface area contributed by atoms with Gasteiger partial charge in [-0.25, -0.2) is 0 Å². The predicted molar refractivity (Wildman–Crippen MR) is 133 cm³/mol. The lowest BCUT2D eigenvalue weighted by atomic mass is 10.1. The van der Waals surface area contributed by atoms with Crippen LogP contribution in [0.15, 0.2) is 47.5 Å². The smallest absolute Gasteiger partial charge is 0.222 e. The van der Waals surface area contributed by atoms with Crippen molar-refractivity contribution in [2.75, 3.05) is 27.8 Å². The van der Waals surface area contributed by atoms with Crippen molar-refractivity contribution in [3.8, 4) is 11.5 Å². The number of guanidine groups is 1. The van der Waals surface area contributed by atoms with E-state index in [4.69, 9.17) is 9.47 Å². The number of nitrogens with one attached hydrogen (secondary N) is 2. The van der Waals surface area contributed by atoms with Gasteiger partial charge in [0, 0.05) is 51.3 Å². The topological polar surface area (TPSA) is 75.2 Å². The van der Waals surface area contributed by atoms with Gasteiger partial charge in [-0.1, -0.05) is 24.3 Å². The van der Waals surface area contributed by atoms with Crippen LogP contribution in [0.5, 0.6) is 11.5 Å². The van der Waals surface area contributed by atoms with Crippen LogP contribution in [0.2, 0.25) is 0 Å². The molecule has 1 amide bonds. The third-order valence-corrected chi connectivity index (χ3v) is 5.26. The van der Waals surface area contributed by atoms with Crippen LogP contribution in [-0.4, -0.2) is 44.6 Å². The summed E-state index contributed by atoms with van der Waals surface area (Å²) in [4.78, 5) is 18.2. The number of methoxy groups -OCH3 is 2. The van der Waals surface area contributed by atoms with Crippen molar-refractivity contribution in [2.45, 2.75) is 32.5 Å². The summed E-state index contributed by atoms with van der Waals surface area (Å²) in [6, 6.07) is 14.0. The first-order chi connectivity index (χ1) is 14.6. The van der Waals surface area contributed by atoms with E-state index < -0.39 is 0 Å². The molecule has 0 aliphatic carbocycles. The first kappa shape index (κ1) is 24.8. The predicted octanol–water partition coefficient (Wildman–Crippen LogP) is 3.31. The zero-order chi connectivity index (χ0) is 21.3. The summed E-state index contributed by atoms with van der Waals surface area (Å²) in [6.07, 6.45) is 1.61. The van der Waals surface area contributed by atoms with Gasteiger partial charge in [-0.15, -0.1) is 24.0 Å². The standard InChI is InChI=1S/C23H30N4O3.HI/c1-24-23(26-15-18-10-11-20(29-2)13-21(18)30-3)25-14-17-7-4-5-8-19(17)16-27-12-6-9-22(27)28;/h4-5,7-8,10-11,13H,6,9,12,14-16H2,1-3H3,(H2,24,25,26);1H. The second-order valence-corrected chi connectivity index (χ2v) is 7.14. The van der Waals surface area contributed by atoms with Crippen molar-refractivity contribution in [1.82, 2.24) is 15.5 Å². The number of likely N-dealkylation sites (tertiary alicyclic amines) is 1. The number of ether oxygens (including phenoxy) is 2. The number of hydrogen-bond donors (Lipinski definition) is 2. The molecular formula is C23H31IN4O3. The van der Waals surface area contributed by atoms with Crippen molar-refractivity contribution in [2.24, 2.45) is 4.99 Å². The molecule has 31 heavy (non-hydrogen) atoms. The number of halogens is 1. The Kier molecular flexibility index (Phi) is 9.90. The molecular weight excluding hydrogens is 507 g/mol. The summed E-state index contributed by atoms with van der Waals surface area (Å²) >= 11 is 0. The number of aliphatic imine (C=N–C) groups is 1. The SMILES string of the molecule is CN=C(NCc1ccccc1CN1CCCC1=O)NCc1ccc(OC)cc1OC.I. The number of nitrogens with zero attached hydrogens (tertiary/aromatic N) is 2. The molecule has 1 heterocycles. The Hall–Kier alpha value is -2.49. The molecule has 0 bridgehead atoms. The molecule has 0 atom stereocenters. The van der Waals surface area contributed by atoms with Gasteiger partial charge in [-0.2, -0.15) is 0 Å². The van der Waals surface area contributed by atoms with E-state index in [1.54, 1.807) is 21.3 Å². The minimum absolute atomic E-state index is 0. The maximum Gasteiger partial charge on any atom is 0.222 e. The van der Waals surface area contributed by atoms with Crippen LogP contribution in [0.4, 0.5) is 0 Å². The van der Waals surface area contributed by atoms with E-state index >= 15 is 0 Å². The molecule has 0 unspecified atom stereocenters. The highest BCUT2D eigenvalue weighted by Crippen LogP contribution is 2.24. The summed E-state index contributed by atoms with van der Waals surface area (Å²) < 4.78 is 10.7. The van der Waals surface area contributed by atoms with E-state index in [0.29, 0.717) is 32.0 Å². The number of rotatable bonds is 8. The molecule has 1 fully saturated rings. The molecule has 0 radical (unpaired) electrons. The Labute approximate surface area is 201 Å². The molecule has 168 valence electrons. The first-order valence-electron chi connectivity index (χ1n) is 10.1. The molecule has 1 saturated heterocycles. The molecule has 2 N–H and O–H groups in total. The fourth-order valence-electron chi connectivity index (χ4n) is 3.54. The zero-order valence-corrected chi connectivity index (χ0v) is 20.6. The van der Waals surface area contributed by atoms with Crippen molar-refractivity contribution in [3.63, 3.8) is 0 Å². The molecule has 7 nitrogen and oxygen atoms in total. The van der Waals surface area contributed by atoms with Gasteiger partial charge >= 0.3 is 0 Å². The molecule has 1 aliphatic rings. The van der Waals surface area contributed by atoms with E-state index in [2.05, 4.69) is 27.8 Å². The van der Waals surface area contributed by atoms with Gasteiger partial charge in [0.15, 0.2) is 5.96 Å². The fraction of sp³-hybridized carbons (Fsp3) is 0.391. The van der Waals surface area contributed by atoms with Crippen LogP contribution >= 0.6 is 24.0 Å². The Balaban J connectivity index is 0.00000341. The maximum absolute atomic E-state index is 12.0. The molecule has 1 aliphatic heterocycles. The number of benzene rings is 2. The summed E-state index contributed by atoms with van der Waals surface area (Å²) in [5.41, 5.74) is 3.32. The van der Waals surface area contributed by atoms with Crippen molar-refractivity contribution < 1.29 is 14.3 Å². The molecule has 3 rings (SSSR count). The van der Waals surface area contributed by atoms with Crippen molar-refractivity contribution in [1.29, 1.82) is 0 Å². The highest BCUT2D eigenvalue weighted by atomic mass is 127. The van der Waals surface area contributed by atoms with Gasteiger partial charge in [0.1, 0.15) is 11.5 Å². The second-order valence-electron chi connectivity index (χ2n) is 7.14. The maximum atomic E-state index is 12.0. The highest BCUT2D eigenvalue weighted by Gasteiger charge is 2.20. The lowest BCUT2D eigenvalue weighted by Gasteiger charge is -2.19. The number of carbonyl (C=O) groups is 1. The monoisotopic (exact) mass is 538 g/mol. The number of carbonyl (C=O) groups excluding carboxylic acids is 1. The Bertz CT molecular complexity index is 904. The lowest BCUT2D eigenvalue weighted by molar-refractivity contribution is -0.128. The molecule has 0 aromatic heterocycles. The van der Waals surface area contributed by atoms with Crippen molar-refractivity contribution in [3.05, 3.63) is 59.2 Å². The number of amides is 1. The minimum Gasteiger partial charge on any atom is -0.497 e. The van der Waals surface area contributed by atoms with Gasteiger partial charge in [0.25, 0.3) is 0 Å². The van der Waals surface area contributed by atoms with E-state index in [0.717, 1.165) is 41.2 Å². The molecule has 0 spiro atoms. The van der Waals surface area contributed by atoms with E-state index in [1.807, 2.05) is 35.2 Å². The summed E-state index contributed by atoms with van der Waals surface area (Å²) in [7, 11) is 5.03. The fourth-order valence-corrected chi connectivity index (χ4v) is 3.54. The number of hydrogen-bond acceptors (Lipinski definition) is 4. The van der Waals surface area contributed by atoms with Crippen LogP contribution in [-0.2, 0) is 24.4 Å². The van der Waals surface area contributed by atoms with Gasteiger partial charge in [0.05, 0.1) is 14.2 Å². The largest absolute Gasteiger partial charge is 0.497 e. The third kappa shape index (κ3) is 6.75. The van der Waals surface area contributed by atoms with E-state index in [-0.39, 0.29) is 29.9 Å². The summed E-state index contributed by atoms with van der Waals surface area (Å²) in [6.45, 7) is 2.69. The molecule has 2 aromatic carbocycles. The first-order valence-corrected chi connectivity index (χ1v) is 10.1. The lowest BCUT2D eigenvalue weighted by Crippen LogP contribution is -2.36. The van der Waals surface area contributed by atoms with E-state index in [1.165, 1.54) is 0 Å². The van der Waals surface area contributed by atoms with Crippen LogP contribution in [0.1, 0.15) is 29.5 Å². The molecule has 2 aromatic rings. The average Bonchev–Trinajstić information content (AvgIpc) is 3.19. The van der Waals surface area contributed by atoms with E-state index in [9.17, 15) is 4.79 Å². The van der Waals surface area contributed by atoms with Crippen molar-refractivity contribution >= 4 is 35.8 Å². The second kappa shape index (κ2) is 12.4. The summed E-state index contributed by atoms with van der Waals surface area (Å²) in [5, 5.41) is 6.68. The minimum atomic E-state index is 0. The van der Waals surface area contributed by atoms with Crippen LogP contribution in [0.3, 0.4) is 0 Å². The molecule has 8 heteroatoms. The van der Waals surface area contributed by atoms with Crippen LogP contribution in [0.25, 0.3) is 0 Å². The Morgan fingerprint density at radius 1 is 1.03 bits per heavy atom. The van der Waals surface area contributed by atoms with Gasteiger partial charge < -0.3 is 25.0 Å². The zero-order valence-electron chi connectivity index (χ0n) is 18.3. The highest BCUT2D eigenvalue weighted by molar-refractivity contribution is 14.0. The average molecular weight is 538 g/mol.